The quantitative estimate of drug-likeness (QED) is 0.0394. The average molecular weight is 696 g/mol. The lowest BCUT2D eigenvalue weighted by Crippen LogP contribution is -2.64. The van der Waals surface area contributed by atoms with Crippen LogP contribution in [0.15, 0.2) is 12.2 Å². The molecule has 0 saturated carbocycles. The van der Waals surface area contributed by atoms with Gasteiger partial charge in [0.05, 0.1) is 6.61 Å². The molecule has 1 heterocycles. The predicted octanol–water partition coefficient (Wildman–Crippen LogP) is 9.91. The van der Waals surface area contributed by atoms with Crippen LogP contribution in [-0.2, 0) is 9.53 Å². The fourth-order valence-electron chi connectivity index (χ4n) is 7.05. The van der Waals surface area contributed by atoms with Crippen LogP contribution in [0.1, 0.15) is 206 Å². The minimum atomic E-state index is -1.48. The van der Waals surface area contributed by atoms with Crippen molar-refractivity contribution in [3.63, 3.8) is 0 Å². The zero-order valence-corrected chi connectivity index (χ0v) is 32.2. The molecule has 290 valence electrons. The highest BCUT2D eigenvalue weighted by Crippen LogP contribution is 2.25. The first-order valence-electron chi connectivity index (χ1n) is 21.2. The van der Waals surface area contributed by atoms with Crippen molar-refractivity contribution >= 4 is 5.91 Å². The molecule has 4 N–H and O–H groups in total. The van der Waals surface area contributed by atoms with E-state index in [0.717, 1.165) is 51.4 Å². The summed E-state index contributed by atoms with van der Waals surface area (Å²) in [5, 5.41) is 41.1. The van der Waals surface area contributed by atoms with Gasteiger partial charge in [-0.15, -0.1) is 0 Å². The Balaban J connectivity index is 2.30. The minimum absolute atomic E-state index is 0.0945. The average Bonchev–Trinajstić information content (AvgIpc) is 3.10. The Kier molecular flexibility index (Phi) is 30.9. The summed E-state index contributed by atoms with van der Waals surface area (Å²) in [5.41, 5.74) is 0. The predicted molar refractivity (Wildman–Crippen MR) is 204 cm³/mol. The van der Waals surface area contributed by atoms with Crippen LogP contribution in [0.2, 0.25) is 0 Å². The Bertz CT molecular complexity index is 761. The number of aliphatic hydroxyl groups excluding tert-OH is 4. The van der Waals surface area contributed by atoms with Crippen LogP contribution in [0.3, 0.4) is 0 Å². The Morgan fingerprint density at radius 3 is 1.35 bits per heavy atom. The van der Waals surface area contributed by atoms with Crippen molar-refractivity contribution in [2.75, 3.05) is 13.2 Å². The number of amides is 1. The van der Waals surface area contributed by atoms with E-state index in [-0.39, 0.29) is 5.91 Å². The van der Waals surface area contributed by atoms with Gasteiger partial charge in [-0.05, 0) is 38.5 Å². The highest BCUT2D eigenvalue weighted by molar-refractivity contribution is 5.76. The van der Waals surface area contributed by atoms with Gasteiger partial charge in [-0.3, -0.25) is 4.79 Å². The van der Waals surface area contributed by atoms with Crippen LogP contribution < -0.4 is 0 Å². The van der Waals surface area contributed by atoms with Gasteiger partial charge >= 0.3 is 0 Å². The highest BCUT2D eigenvalue weighted by Gasteiger charge is 2.46. The normalized spacial score (nSPS) is 21.1. The highest BCUT2D eigenvalue weighted by atomic mass is 16.6. The Morgan fingerprint density at radius 1 is 0.531 bits per heavy atom. The number of unbranched alkanes of at least 4 members (excludes halogenated alkanes) is 26. The van der Waals surface area contributed by atoms with E-state index in [0.29, 0.717) is 13.0 Å². The lowest BCUT2D eigenvalue weighted by atomic mass is 9.97. The van der Waals surface area contributed by atoms with Crippen molar-refractivity contribution < 1.29 is 30.0 Å². The molecule has 1 saturated heterocycles. The van der Waals surface area contributed by atoms with Crippen LogP contribution in [0.4, 0.5) is 0 Å². The lowest BCUT2D eigenvalue weighted by molar-refractivity contribution is -0.262. The number of rotatable bonds is 34. The number of carbonyl (C=O) groups is 1. The Morgan fingerprint density at radius 2 is 0.918 bits per heavy atom. The van der Waals surface area contributed by atoms with Gasteiger partial charge in [0.15, 0.2) is 6.23 Å². The van der Waals surface area contributed by atoms with E-state index < -0.39 is 37.3 Å². The smallest absolute Gasteiger partial charge is 0.224 e. The van der Waals surface area contributed by atoms with Gasteiger partial charge in [0.25, 0.3) is 0 Å². The van der Waals surface area contributed by atoms with E-state index in [1.807, 2.05) is 0 Å². The summed E-state index contributed by atoms with van der Waals surface area (Å²) in [6, 6.07) is 0. The van der Waals surface area contributed by atoms with Gasteiger partial charge in [0, 0.05) is 13.0 Å². The maximum Gasteiger partial charge on any atom is 0.224 e. The summed E-state index contributed by atoms with van der Waals surface area (Å²) in [6.07, 6.45) is 34.5. The van der Waals surface area contributed by atoms with Gasteiger partial charge in [-0.1, -0.05) is 174 Å². The second kappa shape index (κ2) is 32.9. The maximum atomic E-state index is 13.4. The zero-order chi connectivity index (χ0) is 35.8. The number of carbonyl (C=O) groups excluding carboxylic acids is 1. The van der Waals surface area contributed by atoms with Gasteiger partial charge in [-0.2, -0.15) is 0 Å². The first-order chi connectivity index (χ1) is 24.0. The van der Waals surface area contributed by atoms with E-state index in [4.69, 9.17) is 4.74 Å². The van der Waals surface area contributed by atoms with Gasteiger partial charge in [-0.25, -0.2) is 0 Å². The molecule has 1 aliphatic heterocycles. The fraction of sp³-hybridized carbons (Fsp3) is 0.929. The molecule has 7 nitrogen and oxygen atoms in total. The Hall–Kier alpha value is -0.990. The molecule has 0 bridgehead atoms. The molecule has 0 aromatic heterocycles. The van der Waals surface area contributed by atoms with Crippen LogP contribution in [0.25, 0.3) is 0 Å². The van der Waals surface area contributed by atoms with Gasteiger partial charge in [0.2, 0.25) is 5.91 Å². The van der Waals surface area contributed by atoms with Gasteiger partial charge < -0.3 is 30.1 Å². The first kappa shape index (κ1) is 46.0. The maximum absolute atomic E-state index is 13.4. The molecule has 1 rings (SSSR count). The number of hydrogen-bond donors (Lipinski definition) is 4. The molecule has 0 spiro atoms. The molecule has 5 atom stereocenters. The van der Waals surface area contributed by atoms with Crippen molar-refractivity contribution in [1.82, 2.24) is 4.90 Å². The van der Waals surface area contributed by atoms with E-state index in [1.165, 1.54) is 135 Å². The van der Waals surface area contributed by atoms with Crippen molar-refractivity contribution in [1.29, 1.82) is 0 Å². The monoisotopic (exact) mass is 696 g/mol. The van der Waals surface area contributed by atoms with Crippen molar-refractivity contribution in [3.05, 3.63) is 12.2 Å². The topological polar surface area (TPSA) is 110 Å². The third-order valence-electron chi connectivity index (χ3n) is 10.4. The molecular weight excluding hydrogens is 614 g/mol. The summed E-state index contributed by atoms with van der Waals surface area (Å²) < 4.78 is 5.81. The van der Waals surface area contributed by atoms with E-state index >= 15 is 0 Å². The summed E-state index contributed by atoms with van der Waals surface area (Å²) in [5.74, 6) is -0.0945. The second-order valence-corrected chi connectivity index (χ2v) is 14.9. The van der Waals surface area contributed by atoms with Crippen LogP contribution >= 0.6 is 0 Å². The molecule has 1 aliphatic rings. The number of ether oxygens (including phenoxy) is 1. The molecule has 0 unspecified atom stereocenters. The molecule has 0 aromatic rings. The molecule has 1 fully saturated rings. The Labute approximate surface area is 302 Å². The largest absolute Gasteiger partial charge is 0.394 e. The molecule has 0 aromatic carbocycles. The summed E-state index contributed by atoms with van der Waals surface area (Å²) >= 11 is 0. The van der Waals surface area contributed by atoms with E-state index in [1.54, 1.807) is 4.90 Å². The summed E-state index contributed by atoms with van der Waals surface area (Å²) in [6.45, 7) is 4.47. The number of aliphatic hydroxyl groups is 4. The van der Waals surface area contributed by atoms with Crippen LogP contribution in [-0.4, -0.2) is 75.0 Å². The van der Waals surface area contributed by atoms with Gasteiger partial charge in [0.1, 0.15) is 24.4 Å². The van der Waals surface area contributed by atoms with Crippen molar-refractivity contribution in [3.8, 4) is 0 Å². The zero-order valence-electron chi connectivity index (χ0n) is 32.2. The molecule has 0 aliphatic carbocycles. The molecule has 0 radical (unpaired) electrons. The molecule has 1 amide bonds. The number of hydrogen-bond acceptors (Lipinski definition) is 6. The first-order valence-corrected chi connectivity index (χ1v) is 21.2. The van der Waals surface area contributed by atoms with Crippen molar-refractivity contribution in [2.45, 2.75) is 237 Å². The lowest BCUT2D eigenvalue weighted by Gasteiger charge is -2.44. The SMILES string of the molecule is CCCCCCCCC=CCCCCCCCC(=O)N(CCCCCCCCCCCCCCCCCC)[C@H]1O[C@H](CO)[C@@H](O)[C@H](O)[C@H]1O. The molecule has 7 heteroatoms. The summed E-state index contributed by atoms with van der Waals surface area (Å²) in [4.78, 5) is 15.0. The molecule has 49 heavy (non-hydrogen) atoms. The minimum Gasteiger partial charge on any atom is -0.394 e. The standard InChI is InChI=1S/C42H81NO6/c1-3-5-7-9-11-13-15-17-19-21-23-25-27-29-31-33-35-43(42-41(48)40(47)39(46)37(36-44)49-42)38(45)34-32-30-28-26-24-22-20-18-16-14-12-10-8-6-4-2/h18,20,37,39-42,44,46-48H,3-17,19,21-36H2,1-2H3/t37-,39-,40+,41-,42+/m1/s1. The third kappa shape index (κ3) is 23.2. The second-order valence-electron chi connectivity index (χ2n) is 14.9. The summed E-state index contributed by atoms with van der Waals surface area (Å²) in [7, 11) is 0. The third-order valence-corrected chi connectivity index (χ3v) is 10.4. The molecular formula is C42H81NO6. The van der Waals surface area contributed by atoms with E-state index in [9.17, 15) is 25.2 Å². The fourth-order valence-corrected chi connectivity index (χ4v) is 7.05. The van der Waals surface area contributed by atoms with Crippen LogP contribution in [0.5, 0.6) is 0 Å². The van der Waals surface area contributed by atoms with Crippen molar-refractivity contribution in [2.24, 2.45) is 0 Å². The van der Waals surface area contributed by atoms with E-state index in [2.05, 4.69) is 26.0 Å². The number of nitrogens with zero attached hydrogens (tertiary/aromatic N) is 1. The number of allylic oxidation sites excluding steroid dienone is 2. The van der Waals surface area contributed by atoms with Crippen LogP contribution in [0, 0.1) is 0 Å².